The van der Waals surface area contributed by atoms with Crippen LogP contribution in [0.1, 0.15) is 42.9 Å². The van der Waals surface area contributed by atoms with Crippen LogP contribution < -0.4 is 10.1 Å². The molecule has 0 unspecified atom stereocenters. The van der Waals surface area contributed by atoms with Crippen molar-refractivity contribution in [3.8, 4) is 5.75 Å². The number of ether oxygens (including phenoxy) is 1. The Bertz CT molecular complexity index is 556. The number of benzene rings is 1. The van der Waals surface area contributed by atoms with Crippen LogP contribution in [0.2, 0.25) is 0 Å². The topological polar surface area (TPSA) is 21.3 Å². The van der Waals surface area contributed by atoms with Crippen LogP contribution in [0.25, 0.3) is 0 Å². The molecule has 0 aromatic heterocycles. The average molecular weight is 320 g/mol. The SMILES string of the molecule is Cl.FC(F)(F)c1ccc2c(c1)O[C@H]1CC3(CCC3)CN[C@@H]21. The highest BCUT2D eigenvalue weighted by Crippen LogP contribution is 2.52. The van der Waals surface area contributed by atoms with Crippen LogP contribution in [0.4, 0.5) is 13.2 Å². The summed E-state index contributed by atoms with van der Waals surface area (Å²) in [5.41, 5.74) is 0.571. The van der Waals surface area contributed by atoms with Crippen LogP contribution in [0, 0.1) is 5.41 Å². The summed E-state index contributed by atoms with van der Waals surface area (Å²) < 4.78 is 44.0. The lowest BCUT2D eigenvalue weighted by atomic mass is 9.63. The van der Waals surface area contributed by atoms with Gasteiger partial charge in [-0.05, 0) is 36.8 Å². The van der Waals surface area contributed by atoms with Crippen LogP contribution in [0.5, 0.6) is 5.75 Å². The predicted molar refractivity (Wildman–Crippen MR) is 74.8 cm³/mol. The summed E-state index contributed by atoms with van der Waals surface area (Å²) in [6.07, 6.45) is 0.301. The Labute approximate surface area is 127 Å². The maximum absolute atomic E-state index is 12.7. The van der Waals surface area contributed by atoms with Gasteiger partial charge in [0.15, 0.2) is 0 Å². The molecule has 6 heteroatoms. The molecule has 0 radical (unpaired) electrons. The minimum absolute atomic E-state index is 0. The minimum Gasteiger partial charge on any atom is -0.488 e. The molecule has 1 spiro atoms. The molecule has 2 aliphatic heterocycles. The quantitative estimate of drug-likeness (QED) is 0.777. The fraction of sp³-hybridized carbons (Fsp3) is 0.600. The Morgan fingerprint density at radius 2 is 2.00 bits per heavy atom. The summed E-state index contributed by atoms with van der Waals surface area (Å²) in [6, 6.07) is 3.91. The lowest BCUT2D eigenvalue weighted by Gasteiger charge is -2.48. The van der Waals surface area contributed by atoms with Crippen molar-refractivity contribution >= 4 is 12.4 Å². The summed E-state index contributed by atoms with van der Waals surface area (Å²) in [4.78, 5) is 0. The lowest BCUT2D eigenvalue weighted by Crippen LogP contribution is -2.51. The van der Waals surface area contributed by atoms with Crippen molar-refractivity contribution < 1.29 is 17.9 Å². The van der Waals surface area contributed by atoms with Crippen molar-refractivity contribution in [2.75, 3.05) is 6.54 Å². The van der Waals surface area contributed by atoms with Gasteiger partial charge in [-0.2, -0.15) is 13.2 Å². The zero-order chi connectivity index (χ0) is 14.0. The maximum Gasteiger partial charge on any atom is 0.416 e. The molecule has 2 atom stereocenters. The van der Waals surface area contributed by atoms with E-state index in [0.29, 0.717) is 11.2 Å². The third kappa shape index (κ3) is 2.30. The number of fused-ring (bicyclic) bond motifs is 3. The molecule has 2 heterocycles. The Morgan fingerprint density at radius 3 is 2.62 bits per heavy atom. The standard InChI is InChI=1S/C15H16F3NO.ClH/c16-15(17,18)9-2-3-10-11(6-9)20-12-7-14(4-1-5-14)8-19-13(10)12;/h2-3,6,12-13,19H,1,4-5,7-8H2;1H/t12-,13-;/m0./s1. The smallest absolute Gasteiger partial charge is 0.416 e. The molecule has 0 bridgehead atoms. The Balaban J connectivity index is 0.00000132. The molecule has 3 aliphatic rings. The number of nitrogens with one attached hydrogen (secondary N) is 1. The number of hydrogen-bond donors (Lipinski definition) is 1. The van der Waals surface area contributed by atoms with E-state index in [9.17, 15) is 13.2 Å². The molecule has 21 heavy (non-hydrogen) atoms. The van der Waals surface area contributed by atoms with Gasteiger partial charge in [-0.3, -0.25) is 0 Å². The van der Waals surface area contributed by atoms with Gasteiger partial charge < -0.3 is 10.1 Å². The van der Waals surface area contributed by atoms with E-state index in [2.05, 4.69) is 5.32 Å². The van der Waals surface area contributed by atoms with Gasteiger partial charge in [0, 0.05) is 12.1 Å². The van der Waals surface area contributed by atoms with E-state index in [1.165, 1.54) is 19.3 Å². The molecule has 116 valence electrons. The molecular weight excluding hydrogens is 303 g/mol. The van der Waals surface area contributed by atoms with Gasteiger partial charge in [0.25, 0.3) is 0 Å². The summed E-state index contributed by atoms with van der Waals surface area (Å²) in [6.45, 7) is 0.956. The van der Waals surface area contributed by atoms with E-state index < -0.39 is 11.7 Å². The molecule has 1 saturated heterocycles. The lowest BCUT2D eigenvalue weighted by molar-refractivity contribution is -0.137. The van der Waals surface area contributed by atoms with Crippen molar-refractivity contribution in [2.45, 2.75) is 44.0 Å². The van der Waals surface area contributed by atoms with Crippen LogP contribution >= 0.6 is 12.4 Å². The van der Waals surface area contributed by atoms with Gasteiger partial charge in [0.1, 0.15) is 11.9 Å². The third-order valence-electron chi connectivity index (χ3n) is 5.07. The van der Waals surface area contributed by atoms with Crippen LogP contribution in [-0.2, 0) is 6.18 Å². The van der Waals surface area contributed by atoms with Crippen molar-refractivity contribution in [3.05, 3.63) is 29.3 Å². The monoisotopic (exact) mass is 319 g/mol. The van der Waals surface area contributed by atoms with Crippen LogP contribution in [0.15, 0.2) is 18.2 Å². The Kier molecular flexibility index (Phi) is 3.41. The van der Waals surface area contributed by atoms with E-state index >= 15 is 0 Å². The van der Waals surface area contributed by atoms with Crippen molar-refractivity contribution in [1.29, 1.82) is 0 Å². The average Bonchev–Trinajstić information content (AvgIpc) is 2.71. The third-order valence-corrected chi connectivity index (χ3v) is 5.07. The number of hydrogen-bond acceptors (Lipinski definition) is 2. The normalized spacial score (nSPS) is 28.9. The summed E-state index contributed by atoms with van der Waals surface area (Å²) in [5, 5.41) is 3.48. The summed E-state index contributed by atoms with van der Waals surface area (Å²) in [5.74, 6) is 0.402. The highest BCUT2D eigenvalue weighted by Gasteiger charge is 2.49. The zero-order valence-electron chi connectivity index (χ0n) is 11.4. The fourth-order valence-electron chi connectivity index (χ4n) is 3.79. The van der Waals surface area contributed by atoms with E-state index in [1.54, 1.807) is 6.07 Å². The van der Waals surface area contributed by atoms with Gasteiger partial charge in [0.05, 0.1) is 11.6 Å². The first-order valence-electron chi connectivity index (χ1n) is 7.08. The van der Waals surface area contributed by atoms with Gasteiger partial charge in [0.2, 0.25) is 0 Å². The number of piperidine rings is 1. The Hall–Kier alpha value is -0.940. The van der Waals surface area contributed by atoms with Gasteiger partial charge in [-0.15, -0.1) is 12.4 Å². The second-order valence-corrected chi connectivity index (χ2v) is 6.32. The largest absolute Gasteiger partial charge is 0.488 e. The van der Waals surface area contributed by atoms with Crippen LogP contribution in [0.3, 0.4) is 0 Å². The minimum atomic E-state index is -4.31. The molecule has 1 aromatic rings. The van der Waals surface area contributed by atoms with Crippen LogP contribution in [-0.4, -0.2) is 12.6 Å². The van der Waals surface area contributed by atoms with Crippen molar-refractivity contribution in [2.24, 2.45) is 5.41 Å². The second kappa shape index (κ2) is 4.78. The molecule has 1 N–H and O–H groups in total. The molecule has 2 fully saturated rings. The molecule has 1 aromatic carbocycles. The van der Waals surface area contributed by atoms with E-state index in [1.807, 2.05) is 0 Å². The number of halogens is 4. The van der Waals surface area contributed by atoms with E-state index in [4.69, 9.17) is 4.74 Å². The second-order valence-electron chi connectivity index (χ2n) is 6.32. The number of rotatable bonds is 0. The van der Waals surface area contributed by atoms with Gasteiger partial charge in [-0.1, -0.05) is 12.5 Å². The first-order valence-corrected chi connectivity index (χ1v) is 7.08. The van der Waals surface area contributed by atoms with Crippen molar-refractivity contribution in [3.63, 3.8) is 0 Å². The summed E-state index contributed by atoms with van der Waals surface area (Å²) >= 11 is 0. The molecular formula is C15H17ClF3NO. The molecule has 1 saturated carbocycles. The summed E-state index contributed by atoms with van der Waals surface area (Å²) in [7, 11) is 0. The highest BCUT2D eigenvalue weighted by molar-refractivity contribution is 5.85. The van der Waals surface area contributed by atoms with E-state index in [0.717, 1.165) is 30.7 Å². The molecule has 0 amide bonds. The van der Waals surface area contributed by atoms with Gasteiger partial charge >= 0.3 is 6.18 Å². The first-order chi connectivity index (χ1) is 9.47. The fourth-order valence-corrected chi connectivity index (χ4v) is 3.79. The number of alkyl halides is 3. The van der Waals surface area contributed by atoms with Gasteiger partial charge in [-0.25, -0.2) is 0 Å². The molecule has 4 rings (SSSR count). The molecule has 1 aliphatic carbocycles. The Morgan fingerprint density at radius 1 is 1.24 bits per heavy atom. The predicted octanol–water partition coefficient (Wildman–Crippen LogP) is 4.09. The van der Waals surface area contributed by atoms with Crippen molar-refractivity contribution in [1.82, 2.24) is 5.32 Å². The highest BCUT2D eigenvalue weighted by atomic mass is 35.5. The first kappa shape index (κ1) is 15.0. The van der Waals surface area contributed by atoms with E-state index in [-0.39, 0.29) is 24.6 Å². The maximum atomic E-state index is 12.7. The molecule has 2 nitrogen and oxygen atoms in total. The zero-order valence-corrected chi connectivity index (χ0v) is 12.2.